The monoisotopic (exact) mass is 289 g/mol. The first-order chi connectivity index (χ1) is 9.70. The van der Waals surface area contributed by atoms with Gasteiger partial charge in [-0.15, -0.1) is 0 Å². The molecule has 5 heteroatoms. The second-order valence-electron chi connectivity index (χ2n) is 4.27. The molecule has 0 atom stereocenters. The molecule has 1 aromatic carbocycles. The number of amides is 1. The second kappa shape index (κ2) is 6.91. The Balaban J connectivity index is 2.11. The fourth-order valence-corrected chi connectivity index (χ4v) is 1.84. The van der Waals surface area contributed by atoms with E-state index in [2.05, 4.69) is 22.5 Å². The van der Waals surface area contributed by atoms with Gasteiger partial charge in [-0.2, -0.15) is 0 Å². The van der Waals surface area contributed by atoms with E-state index in [-0.39, 0.29) is 5.91 Å². The van der Waals surface area contributed by atoms with Crippen LogP contribution in [0.2, 0.25) is 5.02 Å². The average molecular weight is 290 g/mol. The Morgan fingerprint density at radius 3 is 2.75 bits per heavy atom. The molecule has 0 saturated heterocycles. The highest BCUT2D eigenvalue weighted by Crippen LogP contribution is 2.21. The number of para-hydroxylation sites is 1. The van der Waals surface area contributed by atoms with Crippen LogP contribution in [0.25, 0.3) is 0 Å². The highest BCUT2D eigenvalue weighted by Gasteiger charge is 2.10. The van der Waals surface area contributed by atoms with E-state index < -0.39 is 0 Å². The number of aromatic nitrogens is 1. The largest absolute Gasteiger partial charge is 0.370 e. The van der Waals surface area contributed by atoms with Crippen LogP contribution in [0.4, 0.5) is 11.5 Å². The molecule has 0 unspecified atom stereocenters. The second-order valence-corrected chi connectivity index (χ2v) is 4.68. The number of pyridine rings is 1. The van der Waals surface area contributed by atoms with Crippen molar-refractivity contribution in [2.75, 3.05) is 17.2 Å². The van der Waals surface area contributed by atoms with Crippen molar-refractivity contribution in [3.63, 3.8) is 0 Å². The van der Waals surface area contributed by atoms with Crippen molar-refractivity contribution >= 4 is 29.0 Å². The summed E-state index contributed by atoms with van der Waals surface area (Å²) in [6.45, 7) is 2.89. The van der Waals surface area contributed by atoms with Gasteiger partial charge in [0, 0.05) is 6.54 Å². The predicted molar refractivity (Wildman–Crippen MR) is 82.4 cm³/mol. The minimum Gasteiger partial charge on any atom is -0.370 e. The Hall–Kier alpha value is -2.07. The molecule has 0 aliphatic rings. The van der Waals surface area contributed by atoms with Crippen molar-refractivity contribution < 1.29 is 4.79 Å². The van der Waals surface area contributed by atoms with E-state index in [9.17, 15) is 4.79 Å². The topological polar surface area (TPSA) is 54.0 Å². The number of rotatable bonds is 5. The van der Waals surface area contributed by atoms with Gasteiger partial charge in [0.1, 0.15) is 11.5 Å². The normalized spacial score (nSPS) is 10.1. The number of halogens is 1. The molecule has 20 heavy (non-hydrogen) atoms. The van der Waals surface area contributed by atoms with Gasteiger partial charge in [0.05, 0.1) is 10.7 Å². The summed E-state index contributed by atoms with van der Waals surface area (Å²) in [4.78, 5) is 16.4. The van der Waals surface area contributed by atoms with Crippen molar-refractivity contribution in [2.45, 2.75) is 13.3 Å². The number of carbonyl (C=O) groups excluding carboxylic acids is 1. The van der Waals surface area contributed by atoms with Crippen LogP contribution in [-0.4, -0.2) is 17.4 Å². The van der Waals surface area contributed by atoms with E-state index in [1.807, 2.05) is 18.2 Å². The van der Waals surface area contributed by atoms with Crippen LogP contribution in [-0.2, 0) is 0 Å². The van der Waals surface area contributed by atoms with Crippen molar-refractivity contribution in [1.29, 1.82) is 0 Å². The Morgan fingerprint density at radius 1 is 1.20 bits per heavy atom. The molecule has 0 fully saturated rings. The van der Waals surface area contributed by atoms with Gasteiger partial charge >= 0.3 is 0 Å². The summed E-state index contributed by atoms with van der Waals surface area (Å²) in [5.74, 6) is 0.414. The lowest BCUT2D eigenvalue weighted by molar-refractivity contribution is 0.102. The molecule has 0 bridgehead atoms. The molecule has 0 aliphatic heterocycles. The molecule has 104 valence electrons. The average Bonchev–Trinajstić information content (AvgIpc) is 2.48. The summed E-state index contributed by atoms with van der Waals surface area (Å²) in [7, 11) is 0. The first-order valence-corrected chi connectivity index (χ1v) is 6.85. The maximum Gasteiger partial charge on any atom is 0.274 e. The molecule has 2 N–H and O–H groups in total. The van der Waals surface area contributed by atoms with Crippen LogP contribution in [0, 0.1) is 0 Å². The molecular weight excluding hydrogens is 274 g/mol. The lowest BCUT2D eigenvalue weighted by Crippen LogP contribution is -2.15. The van der Waals surface area contributed by atoms with Gasteiger partial charge < -0.3 is 10.6 Å². The number of hydrogen-bond acceptors (Lipinski definition) is 3. The summed E-state index contributed by atoms with van der Waals surface area (Å²) >= 11 is 6.01. The lowest BCUT2D eigenvalue weighted by atomic mass is 10.3. The van der Waals surface area contributed by atoms with Crippen LogP contribution in [0.15, 0.2) is 42.5 Å². The lowest BCUT2D eigenvalue weighted by Gasteiger charge is -2.08. The van der Waals surface area contributed by atoms with Crippen LogP contribution in [0.3, 0.4) is 0 Å². The van der Waals surface area contributed by atoms with Gasteiger partial charge in [0.15, 0.2) is 0 Å². The van der Waals surface area contributed by atoms with Gasteiger partial charge in [0.25, 0.3) is 5.91 Å². The van der Waals surface area contributed by atoms with E-state index >= 15 is 0 Å². The first-order valence-electron chi connectivity index (χ1n) is 6.47. The minimum atomic E-state index is -0.279. The van der Waals surface area contributed by atoms with Crippen molar-refractivity contribution in [3.8, 4) is 0 Å². The fraction of sp³-hybridized carbons (Fsp3) is 0.200. The summed E-state index contributed by atoms with van der Waals surface area (Å²) in [6, 6.07) is 12.4. The number of benzene rings is 1. The molecule has 1 amide bonds. The zero-order chi connectivity index (χ0) is 14.4. The Kier molecular flexibility index (Phi) is 4.96. The third-order valence-electron chi connectivity index (χ3n) is 2.66. The van der Waals surface area contributed by atoms with Gasteiger partial charge in [0.2, 0.25) is 0 Å². The van der Waals surface area contributed by atoms with E-state index in [1.54, 1.807) is 24.3 Å². The molecule has 2 aromatic rings. The van der Waals surface area contributed by atoms with Gasteiger partial charge in [-0.05, 0) is 30.7 Å². The number of nitrogens with zero attached hydrogens (tertiary/aromatic N) is 1. The van der Waals surface area contributed by atoms with Crippen LogP contribution in [0.5, 0.6) is 0 Å². The molecular formula is C15H16ClN3O. The molecule has 1 aromatic heterocycles. The SMILES string of the molecule is CCCNc1cccc(C(=O)Nc2ccccc2Cl)n1. The van der Waals surface area contributed by atoms with Crippen molar-refractivity contribution in [1.82, 2.24) is 4.98 Å². The Bertz CT molecular complexity index is 601. The smallest absolute Gasteiger partial charge is 0.274 e. The van der Waals surface area contributed by atoms with Crippen LogP contribution >= 0.6 is 11.6 Å². The van der Waals surface area contributed by atoms with Gasteiger partial charge in [-0.25, -0.2) is 4.98 Å². The predicted octanol–water partition coefficient (Wildman–Crippen LogP) is 3.81. The number of hydrogen-bond donors (Lipinski definition) is 2. The van der Waals surface area contributed by atoms with Crippen LogP contribution in [0.1, 0.15) is 23.8 Å². The minimum absolute atomic E-state index is 0.279. The van der Waals surface area contributed by atoms with Crippen molar-refractivity contribution in [3.05, 3.63) is 53.2 Å². The zero-order valence-electron chi connectivity index (χ0n) is 11.2. The number of carbonyl (C=O) groups is 1. The Labute approximate surface area is 123 Å². The summed E-state index contributed by atoms with van der Waals surface area (Å²) in [6.07, 6.45) is 0.998. The highest BCUT2D eigenvalue weighted by atomic mass is 35.5. The number of anilines is 2. The van der Waals surface area contributed by atoms with Crippen molar-refractivity contribution in [2.24, 2.45) is 0 Å². The quantitative estimate of drug-likeness (QED) is 0.880. The third kappa shape index (κ3) is 3.71. The fourth-order valence-electron chi connectivity index (χ4n) is 1.66. The molecule has 4 nitrogen and oxygen atoms in total. The number of nitrogens with one attached hydrogen (secondary N) is 2. The summed E-state index contributed by atoms with van der Waals surface area (Å²) in [5.41, 5.74) is 0.930. The zero-order valence-corrected chi connectivity index (χ0v) is 11.9. The third-order valence-corrected chi connectivity index (χ3v) is 2.99. The van der Waals surface area contributed by atoms with Gasteiger partial charge in [-0.1, -0.05) is 36.7 Å². The van der Waals surface area contributed by atoms with E-state index in [0.29, 0.717) is 22.2 Å². The summed E-state index contributed by atoms with van der Waals surface area (Å²) in [5, 5.41) is 6.40. The Morgan fingerprint density at radius 2 is 2.00 bits per heavy atom. The maximum absolute atomic E-state index is 12.1. The summed E-state index contributed by atoms with van der Waals surface area (Å²) < 4.78 is 0. The highest BCUT2D eigenvalue weighted by molar-refractivity contribution is 6.33. The van der Waals surface area contributed by atoms with E-state index in [0.717, 1.165) is 13.0 Å². The van der Waals surface area contributed by atoms with E-state index in [1.165, 1.54) is 0 Å². The van der Waals surface area contributed by atoms with Crippen LogP contribution < -0.4 is 10.6 Å². The molecule has 0 radical (unpaired) electrons. The molecule has 2 rings (SSSR count). The molecule has 1 heterocycles. The maximum atomic E-state index is 12.1. The molecule has 0 spiro atoms. The first kappa shape index (κ1) is 14.3. The molecule has 0 aliphatic carbocycles. The van der Waals surface area contributed by atoms with E-state index in [4.69, 9.17) is 11.6 Å². The standard InChI is InChI=1S/C15H16ClN3O/c1-2-10-17-14-9-5-8-13(18-14)15(20)19-12-7-4-3-6-11(12)16/h3-9H,2,10H2,1H3,(H,17,18)(H,19,20). The molecule has 0 saturated carbocycles. The van der Waals surface area contributed by atoms with Gasteiger partial charge in [-0.3, -0.25) is 4.79 Å².